The topological polar surface area (TPSA) is 0 Å². The van der Waals surface area contributed by atoms with E-state index in [0.29, 0.717) is 0 Å². The van der Waals surface area contributed by atoms with E-state index in [1.165, 1.54) is 74.2 Å². The monoisotopic (exact) mass is 480 g/mol. The Morgan fingerprint density at radius 3 is 1.15 bits per heavy atom. The smallest absolute Gasteiger partial charge is 0.0176 e. The summed E-state index contributed by atoms with van der Waals surface area (Å²) in [6.07, 6.45) is 15.6. The molecule has 1 unspecified atom stereocenters. The molecule has 0 radical (unpaired) electrons. The van der Waals surface area contributed by atoms with Crippen molar-refractivity contribution < 1.29 is 0 Å². The van der Waals surface area contributed by atoms with Gasteiger partial charge in [-0.05, 0) is 60.4 Å². The largest absolute Gasteiger partial charge is 0.147 e. The lowest BCUT2D eigenvalue weighted by atomic mass is 9.69. The van der Waals surface area contributed by atoms with Crippen molar-refractivity contribution in [3.8, 4) is 0 Å². The van der Waals surface area contributed by atoms with E-state index in [1.54, 1.807) is 0 Å². The van der Waals surface area contributed by atoms with Gasteiger partial charge >= 0.3 is 0 Å². The lowest BCUT2D eigenvalue weighted by Crippen LogP contribution is -2.30. The van der Waals surface area contributed by atoms with E-state index < -0.39 is 0 Å². The Labute approximate surface area is 211 Å². The fourth-order valence-electron chi connectivity index (χ4n) is 5.07. The summed E-state index contributed by atoms with van der Waals surface area (Å²) in [5.74, 6) is 0. The highest BCUT2D eigenvalue weighted by Crippen LogP contribution is 2.37. The van der Waals surface area contributed by atoms with Gasteiger partial charge in [-0.15, -0.1) is 21.6 Å². The first-order chi connectivity index (χ1) is 15.8. The molecular formula is C31H42ClP. The van der Waals surface area contributed by atoms with Crippen molar-refractivity contribution in [1.29, 1.82) is 0 Å². The van der Waals surface area contributed by atoms with Gasteiger partial charge in [0.15, 0.2) is 0 Å². The normalized spacial score (nSPS) is 11.2. The second kappa shape index (κ2) is 16.1. The zero-order valence-electron chi connectivity index (χ0n) is 20.1. The van der Waals surface area contributed by atoms with E-state index >= 15 is 0 Å². The van der Waals surface area contributed by atoms with Crippen LogP contribution in [-0.2, 0) is 19.3 Å². The number of rotatable bonds is 15. The lowest BCUT2D eigenvalue weighted by Gasteiger charge is -2.35. The molecule has 0 aromatic heterocycles. The van der Waals surface area contributed by atoms with Gasteiger partial charge in [0.1, 0.15) is 0 Å². The molecular weight excluding hydrogens is 439 g/mol. The summed E-state index contributed by atoms with van der Waals surface area (Å²) in [5.41, 5.74) is 4.66. The van der Waals surface area contributed by atoms with Crippen LogP contribution in [0.25, 0.3) is 0 Å². The van der Waals surface area contributed by atoms with Gasteiger partial charge in [-0.1, -0.05) is 130 Å². The number of halogens is 1. The van der Waals surface area contributed by atoms with Gasteiger partial charge in [0.25, 0.3) is 0 Å². The number of benzene rings is 3. The molecule has 0 nitrogen and oxygen atoms in total. The Morgan fingerprint density at radius 2 is 0.788 bits per heavy atom. The Balaban J connectivity index is 0.00000385. The number of unbranched alkanes of at least 4 members (excludes halogenated alkanes) is 6. The minimum Gasteiger partial charge on any atom is -0.147 e. The fourth-order valence-corrected chi connectivity index (χ4v) is 5.36. The van der Waals surface area contributed by atoms with E-state index in [0.717, 1.165) is 19.3 Å². The predicted molar refractivity (Wildman–Crippen MR) is 152 cm³/mol. The first kappa shape index (κ1) is 27.6. The molecule has 0 aliphatic carbocycles. The van der Waals surface area contributed by atoms with Crippen molar-refractivity contribution in [2.45, 2.75) is 70.6 Å². The van der Waals surface area contributed by atoms with Crippen LogP contribution < -0.4 is 0 Å². The van der Waals surface area contributed by atoms with Crippen LogP contribution in [0.15, 0.2) is 91.0 Å². The molecule has 33 heavy (non-hydrogen) atoms. The third kappa shape index (κ3) is 10.5. The van der Waals surface area contributed by atoms with E-state index in [4.69, 9.17) is 0 Å². The Kier molecular flexibility index (Phi) is 13.5. The van der Waals surface area contributed by atoms with Gasteiger partial charge in [-0.3, -0.25) is 0 Å². The van der Waals surface area contributed by atoms with E-state index in [1.807, 2.05) is 0 Å². The summed E-state index contributed by atoms with van der Waals surface area (Å²) in [4.78, 5) is 0. The predicted octanol–water partition coefficient (Wildman–Crippen LogP) is 9.12. The number of hydrogen-bond donors (Lipinski definition) is 0. The number of hydrogen-bond acceptors (Lipinski definition) is 0. The molecule has 0 amide bonds. The third-order valence-corrected chi connectivity index (χ3v) is 7.09. The molecule has 0 spiro atoms. The van der Waals surface area contributed by atoms with Crippen molar-refractivity contribution in [3.05, 3.63) is 108 Å². The standard InChI is InChI=1S/C31H41P.ClH/c32-24-16-5-3-1-2-4-15-23-31(25-28-17-9-6-10-18-28,26-29-19-11-7-12-20-29)27-30-21-13-8-14-22-30;/h6-14,17-22H,1-5,15-16,23-27,32H2;1H. The quantitative estimate of drug-likeness (QED) is 0.150. The maximum Gasteiger partial charge on any atom is -0.0176 e. The average Bonchev–Trinajstić information content (AvgIpc) is 2.83. The van der Waals surface area contributed by atoms with Crippen LogP contribution >= 0.6 is 21.6 Å². The highest BCUT2D eigenvalue weighted by atomic mass is 35.5. The molecule has 0 N–H and O–H groups in total. The summed E-state index contributed by atoms with van der Waals surface area (Å²) in [6, 6.07) is 33.5. The molecule has 2 heteroatoms. The van der Waals surface area contributed by atoms with Gasteiger partial charge in [0, 0.05) is 0 Å². The van der Waals surface area contributed by atoms with E-state index in [2.05, 4.69) is 100 Å². The molecule has 0 aliphatic heterocycles. The zero-order valence-corrected chi connectivity index (χ0v) is 22.1. The van der Waals surface area contributed by atoms with Gasteiger partial charge in [0.05, 0.1) is 0 Å². The maximum atomic E-state index is 2.85. The van der Waals surface area contributed by atoms with Crippen LogP contribution in [0, 0.1) is 5.41 Å². The average molecular weight is 481 g/mol. The molecule has 178 valence electrons. The summed E-state index contributed by atoms with van der Waals surface area (Å²) in [6.45, 7) is 0. The van der Waals surface area contributed by atoms with Crippen molar-refractivity contribution in [2.75, 3.05) is 6.16 Å². The molecule has 3 rings (SSSR count). The van der Waals surface area contributed by atoms with Crippen molar-refractivity contribution in [1.82, 2.24) is 0 Å². The zero-order chi connectivity index (χ0) is 22.3. The van der Waals surface area contributed by atoms with Crippen LogP contribution in [0.3, 0.4) is 0 Å². The Morgan fingerprint density at radius 1 is 0.455 bits per heavy atom. The van der Waals surface area contributed by atoms with Crippen LogP contribution in [0.1, 0.15) is 68.1 Å². The highest BCUT2D eigenvalue weighted by Gasteiger charge is 2.30. The molecule has 0 bridgehead atoms. The Bertz CT molecular complexity index is 746. The lowest BCUT2D eigenvalue weighted by molar-refractivity contribution is 0.243. The maximum absolute atomic E-state index is 2.85. The SMILES string of the molecule is Cl.PCCCCCCCCCC(Cc1ccccc1)(Cc1ccccc1)Cc1ccccc1. The summed E-state index contributed by atoms with van der Waals surface area (Å²) in [7, 11) is 2.85. The van der Waals surface area contributed by atoms with Crippen LogP contribution in [-0.4, -0.2) is 6.16 Å². The van der Waals surface area contributed by atoms with Crippen molar-refractivity contribution >= 4 is 21.6 Å². The molecule has 1 atom stereocenters. The van der Waals surface area contributed by atoms with Gasteiger partial charge in [-0.25, -0.2) is 0 Å². The van der Waals surface area contributed by atoms with Crippen molar-refractivity contribution in [2.24, 2.45) is 5.41 Å². The van der Waals surface area contributed by atoms with Gasteiger partial charge < -0.3 is 0 Å². The van der Waals surface area contributed by atoms with Crippen LogP contribution in [0.4, 0.5) is 0 Å². The van der Waals surface area contributed by atoms with E-state index in [9.17, 15) is 0 Å². The first-order valence-corrected chi connectivity index (χ1v) is 13.4. The Hall–Kier alpha value is -1.62. The summed E-state index contributed by atoms with van der Waals surface area (Å²) in [5, 5.41) is 0. The second-order valence-electron chi connectivity index (χ2n) is 9.50. The van der Waals surface area contributed by atoms with Gasteiger partial charge in [-0.2, -0.15) is 0 Å². The molecule has 0 saturated carbocycles. The van der Waals surface area contributed by atoms with Crippen LogP contribution in [0.5, 0.6) is 0 Å². The first-order valence-electron chi connectivity index (χ1n) is 12.6. The minimum atomic E-state index is 0. The molecule has 0 aliphatic rings. The fraction of sp³-hybridized carbons (Fsp3) is 0.419. The second-order valence-corrected chi connectivity index (χ2v) is 10.1. The molecule has 0 saturated heterocycles. The van der Waals surface area contributed by atoms with Crippen LogP contribution in [0.2, 0.25) is 0 Å². The van der Waals surface area contributed by atoms with Gasteiger partial charge in [0.2, 0.25) is 0 Å². The summed E-state index contributed by atoms with van der Waals surface area (Å²) < 4.78 is 0. The van der Waals surface area contributed by atoms with Crippen molar-refractivity contribution in [3.63, 3.8) is 0 Å². The molecule has 3 aromatic carbocycles. The summed E-state index contributed by atoms with van der Waals surface area (Å²) >= 11 is 0. The molecule has 0 fully saturated rings. The van der Waals surface area contributed by atoms with E-state index in [-0.39, 0.29) is 17.8 Å². The highest BCUT2D eigenvalue weighted by molar-refractivity contribution is 7.16. The minimum absolute atomic E-state index is 0. The third-order valence-electron chi connectivity index (χ3n) is 6.68. The molecule has 0 heterocycles. The molecule has 3 aromatic rings.